The average molecular weight is 336 g/mol. The van der Waals surface area contributed by atoms with E-state index >= 15 is 0 Å². The highest BCUT2D eigenvalue weighted by atomic mass is 32.1. The second kappa shape index (κ2) is 6.57. The maximum atomic E-state index is 12.4. The molecular weight excluding hydrogens is 316 g/mol. The number of nitrogens with one attached hydrogen (secondary N) is 1. The highest BCUT2D eigenvalue weighted by molar-refractivity contribution is 7.14. The van der Waals surface area contributed by atoms with Crippen molar-refractivity contribution >= 4 is 22.4 Å². The maximum absolute atomic E-state index is 12.4. The first kappa shape index (κ1) is 16.4. The number of aromatic nitrogens is 1. The molecule has 0 saturated heterocycles. The van der Waals surface area contributed by atoms with Gasteiger partial charge in [0.1, 0.15) is 0 Å². The van der Waals surface area contributed by atoms with Gasteiger partial charge in [-0.3, -0.25) is 10.1 Å². The van der Waals surface area contributed by atoms with Crippen LogP contribution < -0.4 is 5.32 Å². The van der Waals surface area contributed by atoms with E-state index in [1.54, 1.807) is 0 Å². The zero-order chi connectivity index (χ0) is 17.3. The van der Waals surface area contributed by atoms with Gasteiger partial charge >= 0.3 is 0 Å². The van der Waals surface area contributed by atoms with Crippen LogP contribution in [0.2, 0.25) is 0 Å². The summed E-state index contributed by atoms with van der Waals surface area (Å²) in [4.78, 5) is 17.0. The molecule has 3 aromatic rings. The molecule has 24 heavy (non-hydrogen) atoms. The number of benzene rings is 2. The molecule has 0 spiro atoms. The van der Waals surface area contributed by atoms with Crippen LogP contribution in [0.5, 0.6) is 0 Å². The number of hydrogen-bond acceptors (Lipinski definition) is 3. The maximum Gasteiger partial charge on any atom is 0.257 e. The summed E-state index contributed by atoms with van der Waals surface area (Å²) in [5.74, 6) is -0.125. The lowest BCUT2D eigenvalue weighted by Crippen LogP contribution is -2.12. The molecule has 122 valence electrons. The fraction of sp³-hybridized carbons (Fsp3) is 0.200. The van der Waals surface area contributed by atoms with Gasteiger partial charge in [0, 0.05) is 16.5 Å². The summed E-state index contributed by atoms with van der Waals surface area (Å²) < 4.78 is 0. The van der Waals surface area contributed by atoms with E-state index in [0.717, 1.165) is 16.8 Å². The molecule has 1 aromatic heterocycles. The summed E-state index contributed by atoms with van der Waals surface area (Å²) >= 11 is 1.45. The number of aryl methyl sites for hydroxylation is 4. The molecule has 0 bridgehead atoms. The minimum Gasteiger partial charge on any atom is -0.298 e. The summed E-state index contributed by atoms with van der Waals surface area (Å²) in [6.07, 6.45) is 0. The first-order chi connectivity index (χ1) is 11.4. The summed E-state index contributed by atoms with van der Waals surface area (Å²) in [6.45, 7) is 8.18. The van der Waals surface area contributed by atoms with Crippen LogP contribution in [0.3, 0.4) is 0 Å². The lowest BCUT2D eigenvalue weighted by Gasteiger charge is -2.05. The highest BCUT2D eigenvalue weighted by Crippen LogP contribution is 2.28. The standard InChI is InChI=1S/C20H20N2OS/c1-12-5-6-14(3)17(9-12)18-11-24-20(21-18)22-19(23)16-8-7-13(2)15(4)10-16/h5-11H,1-4H3,(H,21,22,23). The average Bonchev–Trinajstić information content (AvgIpc) is 3.00. The molecule has 1 amide bonds. The van der Waals surface area contributed by atoms with Crippen molar-refractivity contribution in [2.75, 3.05) is 5.32 Å². The van der Waals surface area contributed by atoms with Crippen molar-refractivity contribution in [3.63, 3.8) is 0 Å². The predicted molar refractivity (Wildman–Crippen MR) is 101 cm³/mol. The molecule has 3 rings (SSSR count). The van der Waals surface area contributed by atoms with Crippen LogP contribution in [0, 0.1) is 27.7 Å². The quantitative estimate of drug-likeness (QED) is 0.705. The third kappa shape index (κ3) is 3.39. The van der Waals surface area contributed by atoms with Crippen molar-refractivity contribution in [3.8, 4) is 11.3 Å². The highest BCUT2D eigenvalue weighted by Gasteiger charge is 2.12. The molecule has 1 N–H and O–H groups in total. The van der Waals surface area contributed by atoms with Gasteiger partial charge < -0.3 is 0 Å². The fourth-order valence-corrected chi connectivity index (χ4v) is 3.22. The van der Waals surface area contributed by atoms with Crippen LogP contribution in [-0.4, -0.2) is 10.9 Å². The van der Waals surface area contributed by atoms with Crippen LogP contribution in [0.15, 0.2) is 41.8 Å². The third-order valence-electron chi connectivity index (χ3n) is 4.16. The van der Waals surface area contributed by atoms with E-state index in [1.165, 1.54) is 28.0 Å². The van der Waals surface area contributed by atoms with E-state index in [2.05, 4.69) is 42.3 Å². The van der Waals surface area contributed by atoms with Crippen LogP contribution in [0.25, 0.3) is 11.3 Å². The Morgan fingerprint density at radius 2 is 1.71 bits per heavy atom. The topological polar surface area (TPSA) is 42.0 Å². The zero-order valence-corrected chi connectivity index (χ0v) is 15.1. The lowest BCUT2D eigenvalue weighted by molar-refractivity contribution is 0.102. The van der Waals surface area contributed by atoms with Gasteiger partial charge in [-0.25, -0.2) is 4.98 Å². The minimum absolute atomic E-state index is 0.125. The smallest absolute Gasteiger partial charge is 0.257 e. The second-order valence-electron chi connectivity index (χ2n) is 6.11. The molecule has 4 heteroatoms. The van der Waals surface area contributed by atoms with E-state index in [-0.39, 0.29) is 5.91 Å². The fourth-order valence-electron chi connectivity index (χ4n) is 2.52. The molecule has 3 nitrogen and oxygen atoms in total. The van der Waals surface area contributed by atoms with Crippen LogP contribution in [0.4, 0.5) is 5.13 Å². The Morgan fingerprint density at radius 3 is 2.46 bits per heavy atom. The number of amides is 1. The van der Waals surface area contributed by atoms with Gasteiger partial charge in [0.2, 0.25) is 0 Å². The van der Waals surface area contributed by atoms with Gasteiger partial charge in [-0.1, -0.05) is 23.8 Å². The number of anilines is 1. The SMILES string of the molecule is Cc1ccc(C)c(-c2csc(NC(=O)c3ccc(C)c(C)c3)n2)c1. The molecule has 0 atom stereocenters. The van der Waals surface area contributed by atoms with Crippen LogP contribution in [-0.2, 0) is 0 Å². The largest absolute Gasteiger partial charge is 0.298 e. The summed E-state index contributed by atoms with van der Waals surface area (Å²) in [5, 5.41) is 5.50. The van der Waals surface area contributed by atoms with Gasteiger partial charge in [-0.05, 0) is 62.6 Å². The Morgan fingerprint density at radius 1 is 0.958 bits per heavy atom. The van der Waals surface area contributed by atoms with Gasteiger partial charge in [0.15, 0.2) is 5.13 Å². The number of thiazole rings is 1. The number of nitrogens with zero attached hydrogens (tertiary/aromatic N) is 1. The molecule has 0 saturated carbocycles. The van der Waals surface area contributed by atoms with E-state index in [0.29, 0.717) is 10.7 Å². The van der Waals surface area contributed by atoms with Gasteiger partial charge in [0.25, 0.3) is 5.91 Å². The molecular formula is C20H20N2OS. The molecule has 0 unspecified atom stereocenters. The van der Waals surface area contributed by atoms with E-state index in [1.807, 2.05) is 37.4 Å². The van der Waals surface area contributed by atoms with Crippen molar-refractivity contribution in [2.45, 2.75) is 27.7 Å². The predicted octanol–water partition coefficient (Wildman–Crippen LogP) is 5.30. The molecule has 0 fully saturated rings. The number of carbonyl (C=O) groups excluding carboxylic acids is 1. The van der Waals surface area contributed by atoms with Crippen LogP contribution in [0.1, 0.15) is 32.6 Å². The van der Waals surface area contributed by atoms with Crippen LogP contribution >= 0.6 is 11.3 Å². The third-order valence-corrected chi connectivity index (χ3v) is 4.92. The number of hydrogen-bond donors (Lipinski definition) is 1. The first-order valence-corrected chi connectivity index (χ1v) is 8.74. The molecule has 0 aliphatic carbocycles. The molecule has 2 aromatic carbocycles. The number of rotatable bonds is 3. The summed E-state index contributed by atoms with van der Waals surface area (Å²) in [6, 6.07) is 12.0. The van der Waals surface area contributed by atoms with Gasteiger partial charge in [-0.15, -0.1) is 11.3 Å². The Balaban J connectivity index is 1.82. The summed E-state index contributed by atoms with van der Waals surface area (Å²) in [5.41, 5.74) is 7.33. The first-order valence-electron chi connectivity index (χ1n) is 7.86. The normalized spacial score (nSPS) is 10.7. The monoisotopic (exact) mass is 336 g/mol. The minimum atomic E-state index is -0.125. The Kier molecular flexibility index (Phi) is 4.49. The lowest BCUT2D eigenvalue weighted by atomic mass is 10.0. The van der Waals surface area contributed by atoms with Gasteiger partial charge in [0.05, 0.1) is 5.69 Å². The zero-order valence-electron chi connectivity index (χ0n) is 14.3. The Labute approximate surface area is 146 Å². The van der Waals surface area contributed by atoms with Crippen molar-refractivity contribution in [3.05, 3.63) is 69.6 Å². The Bertz CT molecular complexity index is 912. The molecule has 1 heterocycles. The summed E-state index contributed by atoms with van der Waals surface area (Å²) in [7, 11) is 0. The number of carbonyl (C=O) groups is 1. The second-order valence-corrected chi connectivity index (χ2v) is 6.97. The van der Waals surface area contributed by atoms with Crippen molar-refractivity contribution in [2.24, 2.45) is 0 Å². The molecule has 0 aliphatic heterocycles. The van der Waals surface area contributed by atoms with Crippen molar-refractivity contribution in [1.82, 2.24) is 4.98 Å². The Hall–Kier alpha value is -2.46. The van der Waals surface area contributed by atoms with Gasteiger partial charge in [-0.2, -0.15) is 0 Å². The van der Waals surface area contributed by atoms with Crippen molar-refractivity contribution in [1.29, 1.82) is 0 Å². The van der Waals surface area contributed by atoms with E-state index in [9.17, 15) is 4.79 Å². The van der Waals surface area contributed by atoms with E-state index in [4.69, 9.17) is 0 Å². The molecule has 0 aliphatic rings. The van der Waals surface area contributed by atoms with Crippen molar-refractivity contribution < 1.29 is 4.79 Å². The van der Waals surface area contributed by atoms with E-state index < -0.39 is 0 Å². The molecule has 0 radical (unpaired) electrons.